The van der Waals surface area contributed by atoms with E-state index in [2.05, 4.69) is 23.6 Å². The topological polar surface area (TPSA) is 15.6 Å². The van der Waals surface area contributed by atoms with E-state index in [0.29, 0.717) is 0 Å². The van der Waals surface area contributed by atoms with Crippen LogP contribution in [0.2, 0.25) is 0 Å². The highest BCUT2D eigenvalue weighted by Gasteiger charge is 2.09. The molecule has 0 aliphatic heterocycles. The largest absolute Gasteiger partial charge is 0.377 e. The average molecular weight is 223 g/mol. The summed E-state index contributed by atoms with van der Waals surface area (Å²) in [4.78, 5) is 7.02. The van der Waals surface area contributed by atoms with E-state index in [0.717, 1.165) is 16.3 Å². The smallest absolute Gasteiger partial charge is 0.257 e. The molecule has 0 aliphatic rings. The van der Waals surface area contributed by atoms with Gasteiger partial charge in [-0.15, -0.1) is 0 Å². The predicted molar refractivity (Wildman–Crippen MR) is 74.1 cm³/mol. The highest BCUT2D eigenvalue weighted by atomic mass is 32.1. The summed E-state index contributed by atoms with van der Waals surface area (Å²) < 4.78 is 0. The van der Waals surface area contributed by atoms with E-state index in [4.69, 9.17) is 0 Å². The summed E-state index contributed by atoms with van der Waals surface area (Å²) in [5.74, 6) is 3.78. The molecule has 15 heavy (non-hydrogen) atoms. The van der Waals surface area contributed by atoms with Crippen molar-refractivity contribution in [2.24, 2.45) is 4.99 Å². The van der Waals surface area contributed by atoms with Gasteiger partial charge in [-0.2, -0.15) is 0 Å². The van der Waals surface area contributed by atoms with Crippen LogP contribution in [0.25, 0.3) is 0 Å². The Kier molecular flexibility index (Phi) is 6.54. The molecule has 0 aromatic heterocycles. The average Bonchev–Trinajstić information content (AvgIpc) is 2.30. The van der Waals surface area contributed by atoms with Crippen molar-refractivity contribution in [3.8, 4) is 0 Å². The maximum absolute atomic E-state index is 3.91. The van der Waals surface area contributed by atoms with Gasteiger partial charge in [0.15, 0.2) is 5.87 Å². The number of rotatable bonds is 3. The van der Waals surface area contributed by atoms with Gasteiger partial charge < -0.3 is 4.90 Å². The van der Waals surface area contributed by atoms with Crippen LogP contribution in [-0.2, 0) is 11.4 Å². The first-order valence-electron chi connectivity index (χ1n) is 4.89. The first-order valence-corrected chi connectivity index (χ1v) is 5.87. The molecular weight excluding hydrogens is 204 g/mol. The molecule has 82 valence electrons. The van der Waals surface area contributed by atoms with Crippen molar-refractivity contribution in [1.82, 2.24) is 0 Å². The van der Waals surface area contributed by atoms with E-state index in [-0.39, 0.29) is 0 Å². The SMILES string of the molecule is C=Nc1ccc(N(C)C)cc1[S+]=C.CC. The number of aliphatic imine (C=N–C) groups is 1. The summed E-state index contributed by atoms with van der Waals surface area (Å²) in [6, 6.07) is 6.03. The third-order valence-electron chi connectivity index (χ3n) is 1.79. The minimum absolute atomic E-state index is 0.894. The van der Waals surface area contributed by atoms with Crippen molar-refractivity contribution in [2.75, 3.05) is 19.0 Å². The number of anilines is 1. The molecule has 2 nitrogen and oxygen atoms in total. The van der Waals surface area contributed by atoms with E-state index < -0.39 is 0 Å². The van der Waals surface area contributed by atoms with Crippen molar-refractivity contribution in [3.63, 3.8) is 0 Å². The Hall–Kier alpha value is -1.22. The molecule has 0 saturated heterocycles. The van der Waals surface area contributed by atoms with Crippen molar-refractivity contribution < 1.29 is 0 Å². The molecule has 0 unspecified atom stereocenters. The van der Waals surface area contributed by atoms with Crippen molar-refractivity contribution in [2.45, 2.75) is 18.7 Å². The van der Waals surface area contributed by atoms with Crippen molar-refractivity contribution in [1.29, 1.82) is 0 Å². The Labute approximate surface area is 96.6 Å². The fraction of sp³-hybridized carbons (Fsp3) is 0.333. The number of hydrogen-bond acceptors (Lipinski definition) is 2. The Morgan fingerprint density at radius 1 is 1.27 bits per heavy atom. The van der Waals surface area contributed by atoms with Gasteiger partial charge in [-0.3, -0.25) is 4.99 Å². The minimum atomic E-state index is 0.894. The van der Waals surface area contributed by atoms with Gasteiger partial charge in [0.1, 0.15) is 5.69 Å². The summed E-state index contributed by atoms with van der Waals surface area (Å²) in [6.45, 7) is 7.51. The Morgan fingerprint density at radius 2 is 1.87 bits per heavy atom. The fourth-order valence-corrected chi connectivity index (χ4v) is 1.51. The van der Waals surface area contributed by atoms with Crippen LogP contribution in [-0.4, -0.2) is 26.7 Å². The first kappa shape index (κ1) is 13.8. The summed E-state index contributed by atoms with van der Waals surface area (Å²) >= 11 is 1.44. The molecule has 0 saturated carbocycles. The molecule has 1 aromatic rings. The zero-order valence-electron chi connectivity index (χ0n) is 9.95. The van der Waals surface area contributed by atoms with E-state index in [1.54, 1.807) is 0 Å². The summed E-state index contributed by atoms with van der Waals surface area (Å²) in [5, 5.41) is 0. The lowest BCUT2D eigenvalue weighted by Crippen LogP contribution is -2.08. The lowest BCUT2D eigenvalue weighted by Gasteiger charge is -2.11. The van der Waals surface area contributed by atoms with Crippen LogP contribution in [0.3, 0.4) is 0 Å². The molecule has 1 aromatic carbocycles. The van der Waals surface area contributed by atoms with Crippen LogP contribution < -0.4 is 4.90 Å². The molecule has 0 spiro atoms. The molecule has 3 heteroatoms. The molecule has 0 N–H and O–H groups in total. The third-order valence-corrected chi connectivity index (χ3v) is 2.42. The van der Waals surface area contributed by atoms with E-state index >= 15 is 0 Å². The molecule has 0 radical (unpaired) electrons. The minimum Gasteiger partial charge on any atom is -0.377 e. The fourth-order valence-electron chi connectivity index (χ4n) is 1.03. The van der Waals surface area contributed by atoms with E-state index in [1.807, 2.05) is 45.0 Å². The zero-order valence-corrected chi connectivity index (χ0v) is 10.8. The van der Waals surface area contributed by atoms with Gasteiger partial charge in [-0.25, -0.2) is 0 Å². The van der Waals surface area contributed by atoms with E-state index in [1.165, 1.54) is 11.4 Å². The lowest BCUT2D eigenvalue weighted by molar-refractivity contribution is 1.12. The number of nitrogens with zero attached hydrogens (tertiary/aromatic N) is 2. The van der Waals surface area contributed by atoms with Gasteiger partial charge in [0.2, 0.25) is 11.4 Å². The quantitative estimate of drug-likeness (QED) is 0.437. The Bertz CT molecular complexity index is 332. The monoisotopic (exact) mass is 223 g/mol. The first-order chi connectivity index (χ1) is 7.19. The van der Waals surface area contributed by atoms with Crippen LogP contribution >= 0.6 is 0 Å². The molecule has 1 rings (SSSR count). The Morgan fingerprint density at radius 3 is 2.27 bits per heavy atom. The second-order valence-corrected chi connectivity index (χ2v) is 3.58. The maximum atomic E-state index is 3.91. The molecule has 0 heterocycles. The number of benzene rings is 1. The maximum Gasteiger partial charge on any atom is 0.257 e. The van der Waals surface area contributed by atoms with Gasteiger partial charge >= 0.3 is 0 Å². The molecular formula is C12H19N2S+. The molecule has 0 aliphatic carbocycles. The second-order valence-electron chi connectivity index (χ2n) is 2.85. The normalized spacial score (nSPS) is 8.53. The van der Waals surface area contributed by atoms with Gasteiger partial charge in [0.05, 0.1) is 0 Å². The van der Waals surface area contributed by atoms with Gasteiger partial charge in [0, 0.05) is 25.8 Å². The number of hydrogen-bond donors (Lipinski definition) is 0. The lowest BCUT2D eigenvalue weighted by atomic mass is 10.2. The highest BCUT2D eigenvalue weighted by Crippen LogP contribution is 2.24. The van der Waals surface area contributed by atoms with Crippen molar-refractivity contribution >= 4 is 35.3 Å². The summed E-state index contributed by atoms with van der Waals surface area (Å²) in [5.41, 5.74) is 2.05. The van der Waals surface area contributed by atoms with Crippen LogP contribution in [0.5, 0.6) is 0 Å². The third kappa shape index (κ3) is 3.80. The van der Waals surface area contributed by atoms with Gasteiger partial charge in [0.25, 0.3) is 4.90 Å². The van der Waals surface area contributed by atoms with Crippen LogP contribution in [0.1, 0.15) is 13.8 Å². The van der Waals surface area contributed by atoms with Crippen LogP contribution in [0.15, 0.2) is 28.1 Å². The Balaban J connectivity index is 0.000000921. The summed E-state index contributed by atoms with van der Waals surface area (Å²) in [6.07, 6.45) is 0. The van der Waals surface area contributed by atoms with E-state index in [9.17, 15) is 0 Å². The predicted octanol–water partition coefficient (Wildman–Crippen LogP) is 2.98. The highest BCUT2D eigenvalue weighted by molar-refractivity contribution is 7.76. The molecule has 0 bridgehead atoms. The summed E-state index contributed by atoms with van der Waals surface area (Å²) in [7, 11) is 4.02. The van der Waals surface area contributed by atoms with Crippen molar-refractivity contribution in [3.05, 3.63) is 18.2 Å². The van der Waals surface area contributed by atoms with Crippen LogP contribution in [0.4, 0.5) is 11.4 Å². The van der Waals surface area contributed by atoms with Gasteiger partial charge in [-0.05, 0) is 18.9 Å². The standard InChI is InChI=1S/C10H13N2S.C2H6/c1-11-9-6-5-8(12(2)3)7-10(9)13-4;1-2/h5-7H,1,4H2,2-3H3;1-2H3/q+1;. The van der Waals surface area contributed by atoms with Crippen LogP contribution in [0, 0.1) is 0 Å². The second kappa shape index (κ2) is 7.12. The zero-order chi connectivity index (χ0) is 11.8. The molecule has 0 fully saturated rings. The molecule has 0 atom stereocenters. The molecule has 0 amide bonds. The van der Waals surface area contributed by atoms with Gasteiger partial charge in [-0.1, -0.05) is 13.8 Å².